The molecule has 6 heteroatoms. The lowest BCUT2D eigenvalue weighted by Gasteiger charge is -2.13. The molecule has 0 saturated heterocycles. The van der Waals surface area contributed by atoms with E-state index in [1.807, 2.05) is 0 Å². The standard InChI is InChI=1S/C11H16N2O4/c1-5-17-11(15)9-7(2)12-6-13(9)8(3)10(14)16-4/h6,8H,5H2,1-4H3. The lowest BCUT2D eigenvalue weighted by molar-refractivity contribution is -0.144. The summed E-state index contributed by atoms with van der Waals surface area (Å²) in [6.45, 7) is 5.32. The van der Waals surface area contributed by atoms with Crippen LogP contribution in [-0.4, -0.2) is 35.2 Å². The molecular weight excluding hydrogens is 224 g/mol. The first-order valence-electron chi connectivity index (χ1n) is 5.31. The van der Waals surface area contributed by atoms with E-state index >= 15 is 0 Å². The van der Waals surface area contributed by atoms with E-state index in [0.29, 0.717) is 5.69 Å². The molecule has 0 spiro atoms. The van der Waals surface area contributed by atoms with Crippen LogP contribution in [0.5, 0.6) is 0 Å². The summed E-state index contributed by atoms with van der Waals surface area (Å²) in [5.41, 5.74) is 0.809. The number of hydrogen-bond acceptors (Lipinski definition) is 5. The van der Waals surface area contributed by atoms with E-state index in [-0.39, 0.29) is 12.3 Å². The number of aryl methyl sites for hydroxylation is 1. The molecule has 1 aromatic rings. The van der Waals surface area contributed by atoms with Gasteiger partial charge in [0.2, 0.25) is 0 Å². The molecule has 0 fully saturated rings. The number of rotatable bonds is 4. The Morgan fingerprint density at radius 1 is 1.53 bits per heavy atom. The molecule has 1 aromatic heterocycles. The van der Waals surface area contributed by atoms with Crippen LogP contribution in [-0.2, 0) is 14.3 Å². The molecule has 6 nitrogen and oxygen atoms in total. The van der Waals surface area contributed by atoms with Gasteiger partial charge in [-0.25, -0.2) is 14.6 Å². The highest BCUT2D eigenvalue weighted by atomic mass is 16.5. The van der Waals surface area contributed by atoms with Gasteiger partial charge in [-0.15, -0.1) is 0 Å². The zero-order valence-corrected chi connectivity index (χ0v) is 10.4. The van der Waals surface area contributed by atoms with Crippen LogP contribution < -0.4 is 0 Å². The van der Waals surface area contributed by atoms with Crippen molar-refractivity contribution < 1.29 is 19.1 Å². The van der Waals surface area contributed by atoms with Crippen LogP contribution in [0.25, 0.3) is 0 Å². The third-order valence-corrected chi connectivity index (χ3v) is 2.41. The van der Waals surface area contributed by atoms with Gasteiger partial charge in [0.15, 0.2) is 5.69 Å². The topological polar surface area (TPSA) is 70.4 Å². The lowest BCUT2D eigenvalue weighted by atomic mass is 10.3. The summed E-state index contributed by atoms with van der Waals surface area (Å²) in [4.78, 5) is 27.2. The summed E-state index contributed by atoms with van der Waals surface area (Å²) in [5, 5.41) is 0. The van der Waals surface area contributed by atoms with Gasteiger partial charge in [-0.05, 0) is 20.8 Å². The second-order valence-corrected chi connectivity index (χ2v) is 3.51. The smallest absolute Gasteiger partial charge is 0.356 e. The van der Waals surface area contributed by atoms with Crippen molar-refractivity contribution in [1.82, 2.24) is 9.55 Å². The number of imidazole rings is 1. The van der Waals surface area contributed by atoms with Crippen LogP contribution in [0.15, 0.2) is 6.33 Å². The van der Waals surface area contributed by atoms with E-state index in [1.165, 1.54) is 18.0 Å². The van der Waals surface area contributed by atoms with Crippen LogP contribution in [0.3, 0.4) is 0 Å². The molecular formula is C11H16N2O4. The van der Waals surface area contributed by atoms with Crippen LogP contribution in [0.1, 0.15) is 36.1 Å². The van der Waals surface area contributed by atoms with Crippen molar-refractivity contribution in [3.63, 3.8) is 0 Å². The molecule has 0 aliphatic rings. The molecule has 0 aliphatic carbocycles. The average molecular weight is 240 g/mol. The predicted octanol–water partition coefficient (Wildman–Crippen LogP) is 1.10. The van der Waals surface area contributed by atoms with E-state index in [0.717, 1.165) is 0 Å². The first-order valence-corrected chi connectivity index (χ1v) is 5.31. The maximum atomic E-state index is 11.7. The largest absolute Gasteiger partial charge is 0.467 e. The van der Waals surface area contributed by atoms with Crippen molar-refractivity contribution in [2.24, 2.45) is 0 Å². The van der Waals surface area contributed by atoms with Crippen LogP contribution in [0, 0.1) is 6.92 Å². The SMILES string of the molecule is CCOC(=O)c1c(C)ncn1C(C)C(=O)OC. The first kappa shape index (κ1) is 13.2. The molecule has 1 rings (SSSR count). The average Bonchev–Trinajstić information content (AvgIpc) is 2.69. The first-order chi connectivity index (χ1) is 8.02. The Morgan fingerprint density at radius 2 is 2.18 bits per heavy atom. The number of nitrogens with zero attached hydrogens (tertiary/aromatic N) is 2. The molecule has 1 atom stereocenters. The third-order valence-electron chi connectivity index (χ3n) is 2.41. The molecule has 17 heavy (non-hydrogen) atoms. The molecule has 0 radical (unpaired) electrons. The Hall–Kier alpha value is -1.85. The number of carbonyl (C=O) groups excluding carboxylic acids is 2. The zero-order chi connectivity index (χ0) is 13.0. The monoisotopic (exact) mass is 240 g/mol. The molecule has 0 bridgehead atoms. The lowest BCUT2D eigenvalue weighted by Crippen LogP contribution is -2.22. The van der Waals surface area contributed by atoms with Gasteiger partial charge in [-0.3, -0.25) is 0 Å². The predicted molar refractivity (Wildman–Crippen MR) is 59.6 cm³/mol. The van der Waals surface area contributed by atoms with Gasteiger partial charge >= 0.3 is 11.9 Å². The van der Waals surface area contributed by atoms with Gasteiger partial charge in [0.05, 0.1) is 25.7 Å². The van der Waals surface area contributed by atoms with Crippen molar-refractivity contribution in [1.29, 1.82) is 0 Å². The van der Waals surface area contributed by atoms with Crippen LogP contribution in [0.2, 0.25) is 0 Å². The fraction of sp³-hybridized carbons (Fsp3) is 0.545. The number of aromatic nitrogens is 2. The third kappa shape index (κ3) is 2.64. The van der Waals surface area contributed by atoms with Crippen LogP contribution >= 0.6 is 0 Å². The summed E-state index contributed by atoms with van der Waals surface area (Å²) in [6, 6.07) is -0.611. The Morgan fingerprint density at radius 3 is 2.71 bits per heavy atom. The quantitative estimate of drug-likeness (QED) is 0.737. The van der Waals surface area contributed by atoms with E-state index in [1.54, 1.807) is 20.8 Å². The summed E-state index contributed by atoms with van der Waals surface area (Å²) in [5.74, 6) is -0.925. The summed E-state index contributed by atoms with van der Waals surface area (Å²) in [6.07, 6.45) is 1.43. The number of ether oxygens (including phenoxy) is 2. The number of hydrogen-bond donors (Lipinski definition) is 0. The number of carbonyl (C=O) groups is 2. The fourth-order valence-corrected chi connectivity index (χ4v) is 1.48. The van der Waals surface area contributed by atoms with Gasteiger partial charge in [-0.1, -0.05) is 0 Å². The molecule has 0 amide bonds. The number of methoxy groups -OCH3 is 1. The normalized spacial score (nSPS) is 12.0. The minimum absolute atomic E-state index is 0.274. The maximum Gasteiger partial charge on any atom is 0.356 e. The van der Waals surface area contributed by atoms with Crippen molar-refractivity contribution in [2.45, 2.75) is 26.8 Å². The van der Waals surface area contributed by atoms with E-state index < -0.39 is 18.0 Å². The molecule has 1 heterocycles. The molecule has 1 unspecified atom stereocenters. The maximum absolute atomic E-state index is 11.7. The minimum Gasteiger partial charge on any atom is -0.467 e. The highest BCUT2D eigenvalue weighted by molar-refractivity contribution is 5.89. The molecule has 0 N–H and O–H groups in total. The van der Waals surface area contributed by atoms with Crippen molar-refractivity contribution in [2.75, 3.05) is 13.7 Å². The van der Waals surface area contributed by atoms with Gasteiger partial charge in [0, 0.05) is 0 Å². The van der Waals surface area contributed by atoms with Gasteiger partial charge in [0.25, 0.3) is 0 Å². The van der Waals surface area contributed by atoms with Crippen molar-refractivity contribution in [3.05, 3.63) is 17.7 Å². The summed E-state index contributed by atoms with van der Waals surface area (Å²) >= 11 is 0. The molecule has 0 aliphatic heterocycles. The highest BCUT2D eigenvalue weighted by Gasteiger charge is 2.24. The van der Waals surface area contributed by atoms with Gasteiger partial charge in [-0.2, -0.15) is 0 Å². The highest BCUT2D eigenvalue weighted by Crippen LogP contribution is 2.16. The van der Waals surface area contributed by atoms with E-state index in [9.17, 15) is 9.59 Å². The van der Waals surface area contributed by atoms with Crippen LogP contribution in [0.4, 0.5) is 0 Å². The Bertz CT molecular complexity index is 425. The Labute approximate surface area is 99.5 Å². The molecule has 94 valence electrons. The van der Waals surface area contributed by atoms with Crippen molar-refractivity contribution >= 4 is 11.9 Å². The van der Waals surface area contributed by atoms with E-state index in [4.69, 9.17) is 4.74 Å². The Kier molecular flexibility index (Phi) is 4.25. The van der Waals surface area contributed by atoms with Crippen molar-refractivity contribution in [3.8, 4) is 0 Å². The number of esters is 2. The molecule has 0 aromatic carbocycles. The Balaban J connectivity index is 3.09. The molecule has 0 saturated carbocycles. The summed E-state index contributed by atoms with van der Waals surface area (Å²) in [7, 11) is 1.30. The van der Waals surface area contributed by atoms with Gasteiger partial charge in [0.1, 0.15) is 6.04 Å². The van der Waals surface area contributed by atoms with E-state index in [2.05, 4.69) is 9.72 Å². The second kappa shape index (κ2) is 5.47. The summed E-state index contributed by atoms with van der Waals surface area (Å²) < 4.78 is 11.0. The zero-order valence-electron chi connectivity index (χ0n) is 10.4. The van der Waals surface area contributed by atoms with Gasteiger partial charge < -0.3 is 14.0 Å². The second-order valence-electron chi connectivity index (χ2n) is 3.51. The fourth-order valence-electron chi connectivity index (χ4n) is 1.48. The minimum atomic E-state index is -0.611.